The molecule has 1 amide bonds. The van der Waals surface area contributed by atoms with Crippen molar-refractivity contribution in [2.24, 2.45) is 11.5 Å². The normalized spacial score (nSPS) is 19.1. The van der Waals surface area contributed by atoms with Crippen LogP contribution in [0.4, 0.5) is 21.7 Å². The molecule has 0 aliphatic heterocycles. The summed E-state index contributed by atoms with van der Waals surface area (Å²) in [6.07, 6.45) is 8.73. The van der Waals surface area contributed by atoms with E-state index in [4.69, 9.17) is 11.5 Å². The molecule has 2 unspecified atom stereocenters. The molecule has 150 valence electrons. The Bertz CT molecular complexity index is 1060. The minimum absolute atomic E-state index is 0.0373. The van der Waals surface area contributed by atoms with Crippen LogP contribution >= 0.6 is 0 Å². The third-order valence-corrected chi connectivity index (χ3v) is 5.13. The average molecular weight is 395 g/mol. The van der Waals surface area contributed by atoms with E-state index in [2.05, 4.69) is 25.6 Å². The van der Waals surface area contributed by atoms with E-state index in [0.29, 0.717) is 5.69 Å². The Labute approximate surface area is 166 Å². The smallest absolute Gasteiger partial charge is 0.252 e. The molecule has 1 aliphatic rings. The lowest BCUT2D eigenvalue weighted by Gasteiger charge is -2.30. The molecule has 8 nitrogen and oxygen atoms in total. The van der Waals surface area contributed by atoms with Crippen molar-refractivity contribution in [1.29, 1.82) is 0 Å². The molecule has 9 heteroatoms. The van der Waals surface area contributed by atoms with Crippen molar-refractivity contribution < 1.29 is 9.18 Å². The molecule has 29 heavy (non-hydrogen) atoms. The third-order valence-electron chi connectivity index (χ3n) is 5.13. The number of nitrogens with zero attached hydrogens (tertiary/aromatic N) is 3. The highest BCUT2D eigenvalue weighted by molar-refractivity contribution is 5.98. The van der Waals surface area contributed by atoms with Gasteiger partial charge in [-0.25, -0.2) is 9.37 Å². The van der Waals surface area contributed by atoms with Gasteiger partial charge in [0, 0.05) is 29.9 Å². The number of hydrogen-bond donors (Lipinski definition) is 4. The van der Waals surface area contributed by atoms with Gasteiger partial charge in [0.25, 0.3) is 5.91 Å². The number of pyridine rings is 3. The topological polar surface area (TPSA) is 132 Å². The maximum Gasteiger partial charge on any atom is 0.252 e. The van der Waals surface area contributed by atoms with E-state index in [1.807, 2.05) is 6.07 Å². The molecule has 0 bridgehead atoms. The van der Waals surface area contributed by atoms with Crippen molar-refractivity contribution in [2.45, 2.75) is 37.8 Å². The van der Waals surface area contributed by atoms with Gasteiger partial charge in [-0.3, -0.25) is 14.8 Å². The summed E-state index contributed by atoms with van der Waals surface area (Å²) in [7, 11) is 0. The van der Waals surface area contributed by atoms with E-state index in [1.165, 1.54) is 0 Å². The van der Waals surface area contributed by atoms with Gasteiger partial charge in [-0.15, -0.1) is 0 Å². The van der Waals surface area contributed by atoms with Gasteiger partial charge in [0.1, 0.15) is 5.82 Å². The minimum Gasteiger partial charge on any atom is -0.365 e. The van der Waals surface area contributed by atoms with Crippen LogP contribution in [0.25, 0.3) is 10.9 Å². The first-order valence-electron chi connectivity index (χ1n) is 9.50. The van der Waals surface area contributed by atoms with Crippen LogP contribution < -0.4 is 22.1 Å². The molecule has 3 aromatic heterocycles. The summed E-state index contributed by atoms with van der Waals surface area (Å²) in [4.78, 5) is 24.6. The second kappa shape index (κ2) is 7.96. The van der Waals surface area contributed by atoms with E-state index >= 15 is 0 Å². The van der Waals surface area contributed by atoms with Crippen molar-refractivity contribution >= 4 is 34.1 Å². The maximum absolute atomic E-state index is 14.6. The molecule has 1 saturated carbocycles. The number of rotatable bonds is 5. The van der Waals surface area contributed by atoms with Gasteiger partial charge in [-0.2, -0.15) is 0 Å². The molecule has 0 radical (unpaired) electrons. The number of carbonyl (C=O) groups excluding carboxylic acids is 1. The number of primary amides is 1. The summed E-state index contributed by atoms with van der Waals surface area (Å²) in [6, 6.07) is 4.54. The standard InChI is InChI=1S/C20H22FN7O/c21-14-8-13(18(23)29)19(28-20(14)27-17-4-2-1-3-15(17)22)26-12-7-11-9-24-6-5-16(11)25-10-12/h5-10,15,17H,1-4,22H2,(H2,23,29)(H2,26,27,28). The van der Waals surface area contributed by atoms with Gasteiger partial charge in [0.15, 0.2) is 11.6 Å². The zero-order valence-corrected chi connectivity index (χ0v) is 15.7. The molecule has 0 spiro atoms. The van der Waals surface area contributed by atoms with Crippen LogP contribution in [0.15, 0.2) is 36.8 Å². The van der Waals surface area contributed by atoms with Gasteiger partial charge >= 0.3 is 0 Å². The zero-order chi connectivity index (χ0) is 20.4. The first-order chi connectivity index (χ1) is 14.0. The Morgan fingerprint density at radius 1 is 1.17 bits per heavy atom. The average Bonchev–Trinajstić information content (AvgIpc) is 2.71. The van der Waals surface area contributed by atoms with Gasteiger partial charge in [0.05, 0.1) is 23.0 Å². The fourth-order valence-corrected chi connectivity index (χ4v) is 3.56. The lowest BCUT2D eigenvalue weighted by atomic mass is 9.91. The van der Waals surface area contributed by atoms with Gasteiger partial charge in [0.2, 0.25) is 0 Å². The van der Waals surface area contributed by atoms with Crippen molar-refractivity contribution in [3.8, 4) is 0 Å². The Kier molecular flexibility index (Phi) is 5.22. The SMILES string of the molecule is NC(=O)c1cc(F)c(NC2CCCCC2N)nc1Nc1cnc2ccncc2c1. The van der Waals surface area contributed by atoms with Gasteiger partial charge < -0.3 is 22.1 Å². The molecule has 2 atom stereocenters. The number of nitrogens with one attached hydrogen (secondary N) is 2. The predicted molar refractivity (Wildman–Crippen MR) is 109 cm³/mol. The summed E-state index contributed by atoms with van der Waals surface area (Å²) in [6.45, 7) is 0. The maximum atomic E-state index is 14.6. The van der Waals surface area contributed by atoms with Crippen molar-refractivity contribution in [1.82, 2.24) is 15.0 Å². The van der Waals surface area contributed by atoms with Crippen LogP contribution in [0.3, 0.4) is 0 Å². The van der Waals surface area contributed by atoms with Crippen molar-refractivity contribution in [3.05, 3.63) is 48.2 Å². The molecule has 6 N–H and O–H groups in total. The van der Waals surface area contributed by atoms with E-state index in [9.17, 15) is 9.18 Å². The number of halogens is 1. The molecule has 1 aliphatic carbocycles. The van der Waals surface area contributed by atoms with Crippen LogP contribution in [0.1, 0.15) is 36.0 Å². The first kappa shape index (κ1) is 19.0. The number of amides is 1. The van der Waals surface area contributed by atoms with Crippen LogP contribution in [0.5, 0.6) is 0 Å². The van der Waals surface area contributed by atoms with Crippen LogP contribution in [0, 0.1) is 5.82 Å². The molecule has 1 fully saturated rings. The Morgan fingerprint density at radius 2 is 2.00 bits per heavy atom. The Morgan fingerprint density at radius 3 is 2.79 bits per heavy atom. The molecule has 0 aromatic carbocycles. The number of fused-ring (bicyclic) bond motifs is 1. The van der Waals surface area contributed by atoms with Crippen LogP contribution in [-0.4, -0.2) is 32.9 Å². The monoisotopic (exact) mass is 395 g/mol. The molecule has 4 rings (SSSR count). The van der Waals surface area contributed by atoms with Crippen molar-refractivity contribution in [3.63, 3.8) is 0 Å². The summed E-state index contributed by atoms with van der Waals surface area (Å²) in [5.41, 5.74) is 12.9. The van der Waals surface area contributed by atoms with E-state index in [0.717, 1.165) is 42.7 Å². The van der Waals surface area contributed by atoms with E-state index < -0.39 is 11.7 Å². The third kappa shape index (κ3) is 4.09. The highest BCUT2D eigenvalue weighted by atomic mass is 19.1. The fourth-order valence-electron chi connectivity index (χ4n) is 3.56. The molecule has 3 heterocycles. The summed E-state index contributed by atoms with van der Waals surface area (Å²) in [5.74, 6) is -1.25. The lowest BCUT2D eigenvalue weighted by molar-refractivity contribution is 0.100. The second-order valence-corrected chi connectivity index (χ2v) is 7.20. The number of nitrogens with two attached hydrogens (primary N) is 2. The number of aromatic nitrogens is 3. The van der Waals surface area contributed by atoms with Gasteiger partial charge in [-0.1, -0.05) is 12.8 Å². The molecular formula is C20H22FN7O. The molecular weight excluding hydrogens is 373 g/mol. The Balaban J connectivity index is 1.67. The van der Waals surface area contributed by atoms with Gasteiger partial charge in [-0.05, 0) is 31.0 Å². The number of anilines is 3. The predicted octanol–water partition coefficient (Wildman–Crippen LogP) is 2.69. The fraction of sp³-hybridized carbons (Fsp3) is 0.300. The highest BCUT2D eigenvalue weighted by Crippen LogP contribution is 2.27. The molecule has 0 saturated heterocycles. The first-order valence-corrected chi connectivity index (χ1v) is 9.50. The summed E-state index contributed by atoms with van der Waals surface area (Å²) < 4.78 is 14.6. The highest BCUT2D eigenvalue weighted by Gasteiger charge is 2.24. The largest absolute Gasteiger partial charge is 0.365 e. The quantitative estimate of drug-likeness (QED) is 0.522. The van der Waals surface area contributed by atoms with Crippen LogP contribution in [-0.2, 0) is 0 Å². The van der Waals surface area contributed by atoms with E-state index in [-0.39, 0.29) is 29.3 Å². The number of carbonyl (C=O) groups is 1. The summed E-state index contributed by atoms with van der Waals surface area (Å²) >= 11 is 0. The zero-order valence-electron chi connectivity index (χ0n) is 15.7. The minimum atomic E-state index is -0.782. The summed E-state index contributed by atoms with van der Waals surface area (Å²) in [5, 5.41) is 6.93. The second-order valence-electron chi connectivity index (χ2n) is 7.20. The Hall–Kier alpha value is -3.33. The van der Waals surface area contributed by atoms with Crippen molar-refractivity contribution in [2.75, 3.05) is 10.6 Å². The molecule has 3 aromatic rings. The number of hydrogen-bond acceptors (Lipinski definition) is 7. The van der Waals surface area contributed by atoms with Crippen LogP contribution in [0.2, 0.25) is 0 Å². The lowest BCUT2D eigenvalue weighted by Crippen LogP contribution is -2.43. The van der Waals surface area contributed by atoms with E-state index in [1.54, 1.807) is 24.7 Å².